The number of benzene rings is 1. The maximum atomic E-state index is 13.1. The molecule has 0 heterocycles. The van der Waals surface area contributed by atoms with Crippen molar-refractivity contribution in [2.75, 3.05) is 17.6 Å². The second kappa shape index (κ2) is 9.58. The third-order valence-electron chi connectivity index (χ3n) is 3.69. The van der Waals surface area contributed by atoms with Gasteiger partial charge in [-0.15, -0.1) is 0 Å². The lowest BCUT2D eigenvalue weighted by Gasteiger charge is -2.20. The Balaban J connectivity index is 1.58. The Hall–Kier alpha value is -0.520. The summed E-state index contributed by atoms with van der Waals surface area (Å²) in [6.07, 6.45) is 8.04. The van der Waals surface area contributed by atoms with Crippen molar-refractivity contribution in [3.63, 3.8) is 0 Å². The van der Waals surface area contributed by atoms with E-state index in [1.165, 1.54) is 50.0 Å². The minimum atomic E-state index is -0.425. The van der Waals surface area contributed by atoms with Crippen LogP contribution >= 0.6 is 35.6 Å². The van der Waals surface area contributed by atoms with Crippen LogP contribution in [0, 0.1) is 5.82 Å². The molecule has 0 atom stereocenters. The van der Waals surface area contributed by atoms with Gasteiger partial charge in [-0.3, -0.25) is 0 Å². The van der Waals surface area contributed by atoms with Crippen LogP contribution < -0.4 is 10.6 Å². The third-order valence-corrected chi connectivity index (χ3v) is 5.69. The molecule has 1 aromatic carbocycles. The fourth-order valence-electron chi connectivity index (χ4n) is 2.51. The molecule has 1 aliphatic rings. The van der Waals surface area contributed by atoms with E-state index in [-0.39, 0.29) is 5.02 Å². The van der Waals surface area contributed by atoms with E-state index < -0.39 is 5.82 Å². The van der Waals surface area contributed by atoms with Crippen LogP contribution in [0.5, 0.6) is 0 Å². The zero-order valence-electron chi connectivity index (χ0n) is 12.5. The van der Waals surface area contributed by atoms with Crippen LogP contribution in [0.2, 0.25) is 5.02 Å². The second-order valence-electron chi connectivity index (χ2n) is 5.49. The van der Waals surface area contributed by atoms with Gasteiger partial charge >= 0.3 is 0 Å². The van der Waals surface area contributed by atoms with Gasteiger partial charge < -0.3 is 10.6 Å². The number of anilines is 1. The van der Waals surface area contributed by atoms with Crippen LogP contribution in [0.25, 0.3) is 0 Å². The fraction of sp³-hybridized carbons (Fsp3) is 0.562. The van der Waals surface area contributed by atoms with E-state index in [0.717, 1.165) is 18.2 Å². The van der Waals surface area contributed by atoms with Gasteiger partial charge in [-0.25, -0.2) is 4.39 Å². The molecule has 6 heteroatoms. The van der Waals surface area contributed by atoms with E-state index in [1.807, 2.05) is 0 Å². The van der Waals surface area contributed by atoms with Crippen LogP contribution in [0.4, 0.5) is 10.1 Å². The summed E-state index contributed by atoms with van der Waals surface area (Å²) in [4.78, 5) is 0. The van der Waals surface area contributed by atoms with Gasteiger partial charge in [-0.2, -0.15) is 11.8 Å². The summed E-state index contributed by atoms with van der Waals surface area (Å²) in [6, 6.07) is 4.48. The second-order valence-corrected chi connectivity index (χ2v) is 7.72. The number of hydrogen-bond acceptors (Lipinski definition) is 2. The number of rotatable bonds is 6. The Labute approximate surface area is 146 Å². The van der Waals surface area contributed by atoms with Gasteiger partial charge in [-0.1, -0.05) is 30.9 Å². The maximum absolute atomic E-state index is 13.1. The molecule has 22 heavy (non-hydrogen) atoms. The standard InChI is InChI=1S/C16H22ClFN2S2/c17-14-11-12(7-8-15(14)18)20-16(21)19-9-4-10-22-13-5-2-1-3-6-13/h7-8,11,13H,1-6,9-10H2,(H2,19,20,21). The molecule has 0 spiro atoms. The molecule has 0 unspecified atom stereocenters. The minimum Gasteiger partial charge on any atom is -0.362 e. The number of hydrogen-bond donors (Lipinski definition) is 2. The lowest BCUT2D eigenvalue weighted by molar-refractivity contribution is 0.516. The first-order chi connectivity index (χ1) is 10.6. The van der Waals surface area contributed by atoms with Gasteiger partial charge in [0.1, 0.15) is 5.82 Å². The lowest BCUT2D eigenvalue weighted by atomic mass is 10.0. The van der Waals surface area contributed by atoms with Gasteiger partial charge in [-0.05, 0) is 55.4 Å². The Kier molecular flexibility index (Phi) is 7.76. The topological polar surface area (TPSA) is 24.1 Å². The average molecular weight is 361 g/mol. The normalized spacial score (nSPS) is 15.5. The zero-order chi connectivity index (χ0) is 15.8. The van der Waals surface area contributed by atoms with Crippen molar-refractivity contribution in [2.24, 2.45) is 0 Å². The molecule has 0 bridgehead atoms. The fourth-order valence-corrected chi connectivity index (χ4v) is 4.22. The predicted molar refractivity (Wildman–Crippen MR) is 99.6 cm³/mol. The van der Waals surface area contributed by atoms with E-state index >= 15 is 0 Å². The molecule has 0 radical (unpaired) electrons. The Bertz CT molecular complexity index is 493. The summed E-state index contributed by atoms with van der Waals surface area (Å²) in [5, 5.41) is 7.69. The van der Waals surface area contributed by atoms with E-state index in [9.17, 15) is 4.39 Å². The number of nitrogens with one attached hydrogen (secondary N) is 2. The summed E-state index contributed by atoms with van der Waals surface area (Å²) < 4.78 is 13.1. The average Bonchev–Trinajstić information content (AvgIpc) is 2.52. The summed E-state index contributed by atoms with van der Waals surface area (Å²) >= 11 is 13.1. The van der Waals surface area contributed by atoms with Gasteiger partial charge in [0.25, 0.3) is 0 Å². The molecule has 0 aromatic heterocycles. The Morgan fingerprint density at radius 1 is 1.32 bits per heavy atom. The van der Waals surface area contributed by atoms with Crippen molar-refractivity contribution in [2.45, 2.75) is 43.8 Å². The molecule has 1 aromatic rings. The molecular formula is C16H22ClFN2S2. The third kappa shape index (κ3) is 6.31. The minimum absolute atomic E-state index is 0.0941. The van der Waals surface area contributed by atoms with Crippen LogP contribution in [0.1, 0.15) is 38.5 Å². The Morgan fingerprint density at radius 3 is 2.82 bits per heavy atom. The zero-order valence-corrected chi connectivity index (χ0v) is 14.9. The summed E-state index contributed by atoms with van der Waals surface area (Å²) in [7, 11) is 0. The molecule has 0 aliphatic heterocycles. The molecule has 0 amide bonds. The van der Waals surface area contributed by atoms with Crippen molar-refractivity contribution in [3.8, 4) is 0 Å². The van der Waals surface area contributed by atoms with Crippen LogP contribution in [0.15, 0.2) is 18.2 Å². The maximum Gasteiger partial charge on any atom is 0.170 e. The van der Waals surface area contributed by atoms with Gasteiger partial charge in [0, 0.05) is 17.5 Å². The van der Waals surface area contributed by atoms with Crippen molar-refractivity contribution in [1.29, 1.82) is 0 Å². The van der Waals surface area contributed by atoms with Crippen molar-refractivity contribution in [1.82, 2.24) is 5.32 Å². The van der Waals surface area contributed by atoms with E-state index in [2.05, 4.69) is 22.4 Å². The molecule has 1 aliphatic carbocycles. The number of thioether (sulfide) groups is 1. The monoisotopic (exact) mass is 360 g/mol. The van der Waals surface area contributed by atoms with Crippen molar-refractivity contribution < 1.29 is 4.39 Å². The highest BCUT2D eigenvalue weighted by atomic mass is 35.5. The van der Waals surface area contributed by atoms with E-state index in [1.54, 1.807) is 6.07 Å². The van der Waals surface area contributed by atoms with Crippen LogP contribution in [0.3, 0.4) is 0 Å². The number of thiocarbonyl (C=S) groups is 1. The summed E-state index contributed by atoms with van der Waals surface area (Å²) in [5.41, 5.74) is 0.695. The molecule has 2 rings (SSSR count). The molecular weight excluding hydrogens is 339 g/mol. The van der Waals surface area contributed by atoms with Gasteiger partial charge in [0.2, 0.25) is 0 Å². The SMILES string of the molecule is Fc1ccc(NC(=S)NCCCSC2CCCCC2)cc1Cl. The van der Waals surface area contributed by atoms with Gasteiger partial charge in [0.05, 0.1) is 5.02 Å². The molecule has 2 N–H and O–H groups in total. The molecule has 1 saturated carbocycles. The van der Waals surface area contributed by atoms with Crippen molar-refractivity contribution in [3.05, 3.63) is 29.0 Å². The number of halogens is 2. The first-order valence-electron chi connectivity index (χ1n) is 7.76. The Morgan fingerprint density at radius 2 is 2.09 bits per heavy atom. The molecule has 122 valence electrons. The van der Waals surface area contributed by atoms with E-state index in [4.69, 9.17) is 23.8 Å². The quantitative estimate of drug-likeness (QED) is 0.536. The lowest BCUT2D eigenvalue weighted by Crippen LogP contribution is -2.29. The highest BCUT2D eigenvalue weighted by Crippen LogP contribution is 2.28. The van der Waals surface area contributed by atoms with E-state index in [0.29, 0.717) is 10.8 Å². The first-order valence-corrected chi connectivity index (χ1v) is 9.60. The summed E-state index contributed by atoms with van der Waals surface area (Å²) in [6.45, 7) is 0.848. The van der Waals surface area contributed by atoms with Crippen LogP contribution in [-0.2, 0) is 0 Å². The highest BCUT2D eigenvalue weighted by molar-refractivity contribution is 7.99. The molecule has 2 nitrogen and oxygen atoms in total. The largest absolute Gasteiger partial charge is 0.362 e. The highest BCUT2D eigenvalue weighted by Gasteiger charge is 2.12. The molecule has 1 fully saturated rings. The molecule has 0 saturated heterocycles. The predicted octanol–water partition coefficient (Wildman–Crippen LogP) is 5.22. The first kappa shape index (κ1) is 17.8. The summed E-state index contributed by atoms with van der Waals surface area (Å²) in [5.74, 6) is 0.744. The van der Waals surface area contributed by atoms with Crippen LogP contribution in [-0.4, -0.2) is 22.7 Å². The van der Waals surface area contributed by atoms with Crippen molar-refractivity contribution >= 4 is 46.4 Å². The smallest absolute Gasteiger partial charge is 0.170 e. The van der Waals surface area contributed by atoms with Gasteiger partial charge in [0.15, 0.2) is 5.11 Å².